The Morgan fingerprint density at radius 3 is 3.11 bits per heavy atom. The lowest BCUT2D eigenvalue weighted by molar-refractivity contribution is -0.142. The average Bonchev–Trinajstić information content (AvgIpc) is 2.84. The molecule has 2 rings (SSSR count). The molecule has 0 saturated heterocycles. The van der Waals surface area contributed by atoms with E-state index in [1.165, 1.54) is 0 Å². The quantitative estimate of drug-likeness (QED) is 0.742. The number of aromatic nitrogens is 3. The van der Waals surface area contributed by atoms with Crippen molar-refractivity contribution in [2.45, 2.75) is 13.3 Å². The molecule has 0 atom stereocenters. The summed E-state index contributed by atoms with van der Waals surface area (Å²) in [6, 6.07) is 1.89. The summed E-state index contributed by atoms with van der Waals surface area (Å²) < 4.78 is 6.65. The molecule has 0 radical (unpaired) electrons. The largest absolute Gasteiger partial charge is 0.466 e. The summed E-state index contributed by atoms with van der Waals surface area (Å²) in [6.07, 6.45) is 5.55. The number of carbonyl (C=O) groups excluding carboxylic acids is 1. The van der Waals surface area contributed by atoms with Crippen LogP contribution in [-0.4, -0.2) is 40.8 Å². The van der Waals surface area contributed by atoms with E-state index in [0.717, 1.165) is 11.3 Å². The van der Waals surface area contributed by atoms with Crippen LogP contribution in [0.25, 0.3) is 5.52 Å². The second-order valence-corrected chi connectivity index (χ2v) is 3.89. The van der Waals surface area contributed by atoms with Gasteiger partial charge < -0.3 is 9.64 Å². The molecule has 0 saturated carbocycles. The van der Waals surface area contributed by atoms with Gasteiger partial charge in [-0.3, -0.25) is 4.79 Å². The molecule has 0 aliphatic heterocycles. The maximum absolute atomic E-state index is 11.3. The van der Waals surface area contributed by atoms with Crippen LogP contribution in [0.3, 0.4) is 0 Å². The fourth-order valence-electron chi connectivity index (χ4n) is 1.74. The molecule has 0 fully saturated rings. The van der Waals surface area contributed by atoms with Gasteiger partial charge in [-0.15, -0.1) is 0 Å². The van der Waals surface area contributed by atoms with Gasteiger partial charge in [0.2, 0.25) is 0 Å². The van der Waals surface area contributed by atoms with Crippen LogP contribution < -0.4 is 4.90 Å². The van der Waals surface area contributed by atoms with Gasteiger partial charge in [-0.05, 0) is 13.0 Å². The Morgan fingerprint density at radius 1 is 1.50 bits per heavy atom. The van der Waals surface area contributed by atoms with E-state index in [1.54, 1.807) is 30.0 Å². The van der Waals surface area contributed by atoms with Crippen LogP contribution >= 0.6 is 0 Å². The Balaban J connectivity index is 2.06. The standard InChI is InChI=1S/C12H16N4O2/c1-3-18-11(17)5-8-15(2)12-10-4-6-14-16(10)9-7-13-12/h4,6-7,9H,3,5,8H2,1-2H3. The first-order chi connectivity index (χ1) is 8.72. The summed E-state index contributed by atoms with van der Waals surface area (Å²) in [5, 5.41) is 4.14. The van der Waals surface area contributed by atoms with Crippen molar-refractivity contribution in [2.75, 3.05) is 25.1 Å². The SMILES string of the molecule is CCOC(=O)CCN(C)c1nccn2nccc12. The van der Waals surface area contributed by atoms with Crippen LogP contribution in [0.2, 0.25) is 0 Å². The van der Waals surface area contributed by atoms with Crippen molar-refractivity contribution < 1.29 is 9.53 Å². The number of hydrogen-bond acceptors (Lipinski definition) is 5. The molecule has 0 spiro atoms. The number of anilines is 1. The third-order valence-electron chi connectivity index (χ3n) is 2.62. The maximum atomic E-state index is 11.3. The van der Waals surface area contributed by atoms with Crippen LogP contribution in [0.4, 0.5) is 5.82 Å². The number of carbonyl (C=O) groups is 1. The van der Waals surface area contributed by atoms with Gasteiger partial charge in [0.05, 0.1) is 19.2 Å². The summed E-state index contributed by atoms with van der Waals surface area (Å²) in [5.41, 5.74) is 0.920. The summed E-state index contributed by atoms with van der Waals surface area (Å²) in [6.45, 7) is 2.78. The molecule has 2 aromatic heterocycles. The van der Waals surface area contributed by atoms with E-state index in [2.05, 4.69) is 10.1 Å². The zero-order chi connectivity index (χ0) is 13.0. The van der Waals surface area contributed by atoms with Gasteiger partial charge in [0.25, 0.3) is 0 Å². The van der Waals surface area contributed by atoms with E-state index in [-0.39, 0.29) is 5.97 Å². The van der Waals surface area contributed by atoms with Crippen LogP contribution in [0, 0.1) is 0 Å². The Bertz CT molecular complexity index is 538. The Labute approximate surface area is 105 Å². The highest BCUT2D eigenvalue weighted by Gasteiger charge is 2.10. The molecular formula is C12H16N4O2. The number of fused-ring (bicyclic) bond motifs is 1. The summed E-state index contributed by atoms with van der Waals surface area (Å²) >= 11 is 0. The zero-order valence-corrected chi connectivity index (χ0v) is 10.5. The van der Waals surface area contributed by atoms with Gasteiger partial charge in [0, 0.05) is 26.0 Å². The summed E-state index contributed by atoms with van der Waals surface area (Å²) in [5.74, 6) is 0.615. The number of nitrogens with zero attached hydrogens (tertiary/aromatic N) is 4. The van der Waals surface area contributed by atoms with Gasteiger partial charge in [0.1, 0.15) is 5.52 Å². The molecule has 2 aromatic rings. The highest BCUT2D eigenvalue weighted by Crippen LogP contribution is 2.16. The minimum absolute atomic E-state index is 0.190. The van der Waals surface area contributed by atoms with Crippen molar-refractivity contribution >= 4 is 17.3 Å². The molecule has 0 N–H and O–H groups in total. The first-order valence-electron chi connectivity index (χ1n) is 5.87. The molecule has 6 nitrogen and oxygen atoms in total. The Kier molecular flexibility index (Phi) is 3.76. The van der Waals surface area contributed by atoms with Gasteiger partial charge in [-0.1, -0.05) is 0 Å². The van der Waals surface area contributed by atoms with Crippen LogP contribution in [-0.2, 0) is 9.53 Å². The predicted molar refractivity (Wildman–Crippen MR) is 67.5 cm³/mol. The van der Waals surface area contributed by atoms with E-state index in [0.29, 0.717) is 19.6 Å². The highest BCUT2D eigenvalue weighted by molar-refractivity contribution is 5.72. The lowest BCUT2D eigenvalue weighted by Gasteiger charge is -2.18. The van der Waals surface area contributed by atoms with E-state index < -0.39 is 0 Å². The third-order valence-corrected chi connectivity index (χ3v) is 2.62. The van der Waals surface area contributed by atoms with Gasteiger partial charge in [-0.2, -0.15) is 5.10 Å². The highest BCUT2D eigenvalue weighted by atomic mass is 16.5. The van der Waals surface area contributed by atoms with Crippen LogP contribution in [0.1, 0.15) is 13.3 Å². The van der Waals surface area contributed by atoms with E-state index in [1.807, 2.05) is 18.0 Å². The summed E-state index contributed by atoms with van der Waals surface area (Å²) in [4.78, 5) is 17.5. The van der Waals surface area contributed by atoms with Gasteiger partial charge in [-0.25, -0.2) is 9.50 Å². The molecule has 2 heterocycles. The molecular weight excluding hydrogens is 232 g/mol. The number of ether oxygens (including phenoxy) is 1. The molecule has 0 amide bonds. The smallest absolute Gasteiger partial charge is 0.307 e. The Hall–Kier alpha value is -2.11. The minimum Gasteiger partial charge on any atom is -0.466 e. The maximum Gasteiger partial charge on any atom is 0.307 e. The molecule has 96 valence electrons. The van der Waals surface area contributed by atoms with Crippen molar-refractivity contribution in [3.8, 4) is 0 Å². The lowest BCUT2D eigenvalue weighted by atomic mass is 10.3. The van der Waals surface area contributed by atoms with Crippen molar-refractivity contribution in [1.29, 1.82) is 0 Å². The van der Waals surface area contributed by atoms with Crippen LogP contribution in [0.5, 0.6) is 0 Å². The molecule has 0 aliphatic rings. The first-order valence-corrected chi connectivity index (χ1v) is 5.87. The van der Waals surface area contributed by atoms with Crippen molar-refractivity contribution in [3.05, 3.63) is 24.7 Å². The average molecular weight is 248 g/mol. The Morgan fingerprint density at radius 2 is 2.33 bits per heavy atom. The molecule has 18 heavy (non-hydrogen) atoms. The molecule has 6 heteroatoms. The van der Waals surface area contributed by atoms with E-state index in [4.69, 9.17) is 4.74 Å². The molecule has 0 aromatic carbocycles. The van der Waals surface area contributed by atoms with E-state index >= 15 is 0 Å². The normalized spacial score (nSPS) is 10.6. The fourth-order valence-corrected chi connectivity index (χ4v) is 1.74. The summed E-state index contributed by atoms with van der Waals surface area (Å²) in [7, 11) is 1.90. The lowest BCUT2D eigenvalue weighted by Crippen LogP contribution is -2.23. The molecule has 0 bridgehead atoms. The monoisotopic (exact) mass is 248 g/mol. The number of esters is 1. The molecule has 0 unspecified atom stereocenters. The minimum atomic E-state index is -0.190. The van der Waals surface area contributed by atoms with Crippen molar-refractivity contribution in [3.63, 3.8) is 0 Å². The first kappa shape index (κ1) is 12.3. The van der Waals surface area contributed by atoms with E-state index in [9.17, 15) is 4.79 Å². The third kappa shape index (κ3) is 2.58. The predicted octanol–water partition coefficient (Wildman–Crippen LogP) is 1.12. The fraction of sp³-hybridized carbons (Fsp3) is 0.417. The topological polar surface area (TPSA) is 59.7 Å². The van der Waals surface area contributed by atoms with Crippen molar-refractivity contribution in [1.82, 2.24) is 14.6 Å². The zero-order valence-electron chi connectivity index (χ0n) is 10.5. The van der Waals surface area contributed by atoms with Crippen LogP contribution in [0.15, 0.2) is 24.7 Å². The number of hydrogen-bond donors (Lipinski definition) is 0. The van der Waals surface area contributed by atoms with Gasteiger partial charge >= 0.3 is 5.97 Å². The second kappa shape index (κ2) is 5.48. The van der Waals surface area contributed by atoms with Crippen molar-refractivity contribution in [2.24, 2.45) is 0 Å². The number of rotatable bonds is 5. The molecule has 0 aliphatic carbocycles. The van der Waals surface area contributed by atoms with Gasteiger partial charge in [0.15, 0.2) is 5.82 Å². The second-order valence-electron chi connectivity index (χ2n) is 3.89.